The number of anilines is 1. The van der Waals surface area contributed by atoms with Crippen LogP contribution in [0.15, 0.2) is 18.2 Å². The van der Waals surface area contributed by atoms with Gasteiger partial charge in [0.2, 0.25) is 5.91 Å². The lowest BCUT2D eigenvalue weighted by Crippen LogP contribution is -2.27. The molecule has 94 valence electrons. The molecule has 0 aliphatic heterocycles. The van der Waals surface area contributed by atoms with Crippen molar-refractivity contribution in [3.05, 3.63) is 29.6 Å². The van der Waals surface area contributed by atoms with Crippen LogP contribution < -0.4 is 10.6 Å². The van der Waals surface area contributed by atoms with Gasteiger partial charge in [-0.05, 0) is 24.6 Å². The lowest BCUT2D eigenvalue weighted by Gasteiger charge is -2.10. The smallest absolute Gasteiger partial charge is 0.225 e. The van der Waals surface area contributed by atoms with Crippen molar-refractivity contribution < 1.29 is 9.18 Å². The predicted molar refractivity (Wildman–Crippen MR) is 67.5 cm³/mol. The maximum atomic E-state index is 13.0. The van der Waals surface area contributed by atoms with Gasteiger partial charge in [0.25, 0.3) is 0 Å². The summed E-state index contributed by atoms with van der Waals surface area (Å²) in [5.74, 6) is -0.446. The number of rotatable bonds is 5. The molecule has 1 aromatic carbocycles. The fourth-order valence-electron chi connectivity index (χ4n) is 1.42. The second kappa shape index (κ2) is 6.35. The van der Waals surface area contributed by atoms with E-state index in [9.17, 15) is 9.18 Å². The molecule has 1 aromatic rings. The Morgan fingerprint density at radius 1 is 1.41 bits per heavy atom. The minimum absolute atomic E-state index is 0.105. The Morgan fingerprint density at radius 3 is 2.76 bits per heavy atom. The number of halogens is 1. The highest BCUT2D eigenvalue weighted by Gasteiger charge is 2.05. The van der Waals surface area contributed by atoms with Crippen LogP contribution in [0.25, 0.3) is 0 Å². The van der Waals surface area contributed by atoms with Gasteiger partial charge in [-0.1, -0.05) is 19.9 Å². The largest absolute Gasteiger partial charge is 0.326 e. The molecule has 1 rings (SSSR count). The minimum atomic E-state index is -0.341. The van der Waals surface area contributed by atoms with Gasteiger partial charge in [-0.3, -0.25) is 4.79 Å². The molecule has 0 atom stereocenters. The van der Waals surface area contributed by atoms with E-state index < -0.39 is 0 Å². The molecular formula is C13H19FN2O. The van der Waals surface area contributed by atoms with Gasteiger partial charge < -0.3 is 10.6 Å². The standard InChI is InChI=1S/C13H19FN2O/c1-9(2)15-7-6-13(17)16-12-8-11(14)5-4-10(12)3/h4-5,8-9,15H,6-7H2,1-3H3,(H,16,17). The summed E-state index contributed by atoms with van der Waals surface area (Å²) in [5, 5.41) is 5.86. The van der Waals surface area contributed by atoms with E-state index in [0.717, 1.165) is 5.56 Å². The molecule has 0 aliphatic carbocycles. The van der Waals surface area contributed by atoms with Crippen molar-refractivity contribution in [2.45, 2.75) is 33.2 Å². The average molecular weight is 238 g/mol. The number of nitrogens with one attached hydrogen (secondary N) is 2. The van der Waals surface area contributed by atoms with Crippen molar-refractivity contribution in [3.63, 3.8) is 0 Å². The maximum absolute atomic E-state index is 13.0. The molecule has 3 nitrogen and oxygen atoms in total. The lowest BCUT2D eigenvalue weighted by atomic mass is 10.2. The number of hydrogen-bond acceptors (Lipinski definition) is 2. The molecule has 2 N–H and O–H groups in total. The Labute approximate surface area is 101 Å². The van der Waals surface area contributed by atoms with Gasteiger partial charge >= 0.3 is 0 Å². The monoisotopic (exact) mass is 238 g/mol. The van der Waals surface area contributed by atoms with Crippen LogP contribution in [0.5, 0.6) is 0 Å². The van der Waals surface area contributed by atoms with Crippen molar-refractivity contribution in [2.24, 2.45) is 0 Å². The van der Waals surface area contributed by atoms with Gasteiger partial charge in [0, 0.05) is 24.7 Å². The molecule has 17 heavy (non-hydrogen) atoms. The van der Waals surface area contributed by atoms with Gasteiger partial charge in [-0.15, -0.1) is 0 Å². The van der Waals surface area contributed by atoms with Gasteiger partial charge in [0.1, 0.15) is 5.82 Å². The third-order valence-electron chi connectivity index (χ3n) is 2.38. The summed E-state index contributed by atoms with van der Waals surface area (Å²) in [7, 11) is 0. The maximum Gasteiger partial charge on any atom is 0.225 e. The molecule has 1 amide bonds. The van der Waals surface area contributed by atoms with Crippen LogP contribution in [0, 0.1) is 12.7 Å². The van der Waals surface area contributed by atoms with E-state index in [1.54, 1.807) is 6.07 Å². The molecule has 0 fully saturated rings. The van der Waals surface area contributed by atoms with Crippen molar-refractivity contribution in [1.29, 1.82) is 0 Å². The second-order valence-corrected chi connectivity index (χ2v) is 4.37. The van der Waals surface area contributed by atoms with Gasteiger partial charge in [0.05, 0.1) is 0 Å². The van der Waals surface area contributed by atoms with Crippen molar-refractivity contribution in [3.8, 4) is 0 Å². The van der Waals surface area contributed by atoms with Crippen LogP contribution in [0.2, 0.25) is 0 Å². The first kappa shape index (κ1) is 13.6. The number of aryl methyl sites for hydroxylation is 1. The quantitative estimate of drug-likeness (QED) is 0.827. The highest BCUT2D eigenvalue weighted by Crippen LogP contribution is 2.15. The molecule has 4 heteroatoms. The Hall–Kier alpha value is -1.42. The Balaban J connectivity index is 2.47. The highest BCUT2D eigenvalue weighted by molar-refractivity contribution is 5.91. The summed E-state index contributed by atoms with van der Waals surface area (Å²) in [4.78, 5) is 11.6. The molecule has 0 saturated heterocycles. The minimum Gasteiger partial charge on any atom is -0.326 e. The van der Waals surface area contributed by atoms with E-state index in [2.05, 4.69) is 10.6 Å². The van der Waals surface area contributed by atoms with Crippen LogP contribution in [0.3, 0.4) is 0 Å². The Kier molecular flexibility index (Phi) is 5.10. The van der Waals surface area contributed by atoms with Gasteiger partial charge in [-0.25, -0.2) is 4.39 Å². The van der Waals surface area contributed by atoms with E-state index in [4.69, 9.17) is 0 Å². The zero-order valence-corrected chi connectivity index (χ0v) is 10.5. The lowest BCUT2D eigenvalue weighted by molar-refractivity contribution is -0.116. The number of carbonyl (C=O) groups is 1. The van der Waals surface area contributed by atoms with Crippen LogP contribution in [-0.2, 0) is 4.79 Å². The van der Waals surface area contributed by atoms with Crippen molar-refractivity contribution in [2.75, 3.05) is 11.9 Å². The van der Waals surface area contributed by atoms with Crippen molar-refractivity contribution >= 4 is 11.6 Å². The summed E-state index contributed by atoms with van der Waals surface area (Å²) in [6, 6.07) is 4.73. The topological polar surface area (TPSA) is 41.1 Å². The highest BCUT2D eigenvalue weighted by atomic mass is 19.1. The van der Waals surface area contributed by atoms with Gasteiger partial charge in [-0.2, -0.15) is 0 Å². The molecule has 0 saturated carbocycles. The van der Waals surface area contributed by atoms with Crippen molar-refractivity contribution in [1.82, 2.24) is 5.32 Å². The zero-order chi connectivity index (χ0) is 12.8. The molecule has 0 aliphatic rings. The molecule has 0 spiro atoms. The summed E-state index contributed by atoms with van der Waals surface area (Å²) in [6.07, 6.45) is 0.383. The Morgan fingerprint density at radius 2 is 2.12 bits per heavy atom. The number of carbonyl (C=O) groups excluding carboxylic acids is 1. The predicted octanol–water partition coefficient (Wildman–Crippen LogP) is 2.46. The number of benzene rings is 1. The van der Waals surface area contributed by atoms with Crippen LogP contribution >= 0.6 is 0 Å². The number of hydrogen-bond donors (Lipinski definition) is 2. The molecule has 0 heterocycles. The first-order valence-corrected chi connectivity index (χ1v) is 5.78. The molecule has 0 radical (unpaired) electrons. The summed E-state index contributed by atoms with van der Waals surface area (Å²) in [6.45, 7) is 6.50. The first-order chi connectivity index (χ1) is 7.99. The molecule has 0 bridgehead atoms. The van der Waals surface area contributed by atoms with Gasteiger partial charge in [0.15, 0.2) is 0 Å². The summed E-state index contributed by atoms with van der Waals surface area (Å²) >= 11 is 0. The molecule has 0 unspecified atom stereocenters. The summed E-state index contributed by atoms with van der Waals surface area (Å²) < 4.78 is 13.0. The zero-order valence-electron chi connectivity index (χ0n) is 10.5. The second-order valence-electron chi connectivity index (χ2n) is 4.37. The fourth-order valence-corrected chi connectivity index (χ4v) is 1.42. The average Bonchev–Trinajstić information content (AvgIpc) is 2.23. The normalized spacial score (nSPS) is 10.6. The molecular weight excluding hydrogens is 219 g/mol. The summed E-state index contributed by atoms with van der Waals surface area (Å²) in [5.41, 5.74) is 1.40. The van der Waals surface area contributed by atoms with Crippen LogP contribution in [-0.4, -0.2) is 18.5 Å². The van der Waals surface area contributed by atoms with Crippen LogP contribution in [0.1, 0.15) is 25.8 Å². The number of amides is 1. The van der Waals surface area contributed by atoms with E-state index in [1.807, 2.05) is 20.8 Å². The van der Waals surface area contributed by atoms with E-state index in [0.29, 0.717) is 24.7 Å². The first-order valence-electron chi connectivity index (χ1n) is 5.78. The molecule has 0 aromatic heterocycles. The van der Waals surface area contributed by atoms with E-state index in [1.165, 1.54) is 12.1 Å². The van der Waals surface area contributed by atoms with E-state index >= 15 is 0 Å². The fraction of sp³-hybridized carbons (Fsp3) is 0.462. The van der Waals surface area contributed by atoms with Crippen LogP contribution in [0.4, 0.5) is 10.1 Å². The Bertz CT molecular complexity index is 391. The van der Waals surface area contributed by atoms with E-state index in [-0.39, 0.29) is 11.7 Å². The SMILES string of the molecule is Cc1ccc(F)cc1NC(=O)CCNC(C)C. The third kappa shape index (κ3) is 4.95. The third-order valence-corrected chi connectivity index (χ3v) is 2.38.